The molecule has 1 aromatic carbocycles. The molecule has 0 aliphatic carbocycles. The largest absolute Gasteiger partial charge is 0.446 e. The molecule has 0 spiro atoms. The molecule has 0 saturated carbocycles. The number of aromatic nitrogens is 2. The predicted octanol–water partition coefficient (Wildman–Crippen LogP) is 5.53. The molecule has 13 heteroatoms. The zero-order valence-corrected chi connectivity index (χ0v) is 13.3. The van der Waals surface area contributed by atoms with Crippen LogP contribution in [0.25, 0.3) is 5.69 Å². The van der Waals surface area contributed by atoms with E-state index in [4.69, 9.17) is 28.9 Å². The molecule has 0 atom stereocenters. The van der Waals surface area contributed by atoms with E-state index in [2.05, 4.69) is 5.10 Å². The zero-order chi connectivity index (χ0) is 18.4. The lowest BCUT2D eigenvalue weighted by Gasteiger charge is -2.13. The SMILES string of the molecule is Nc1c(SC(F)(F)F)c(F)nn1-c1c(Cl)cc(C(F)(F)F)cc1Cl. The first kappa shape index (κ1) is 19.0. The average molecular weight is 414 g/mol. The summed E-state index contributed by atoms with van der Waals surface area (Å²) < 4.78 is 89.2. The van der Waals surface area contributed by atoms with Crippen LogP contribution in [0.1, 0.15) is 5.56 Å². The minimum atomic E-state index is -4.85. The summed E-state index contributed by atoms with van der Waals surface area (Å²) in [6, 6.07) is 0.941. The number of halogens is 9. The van der Waals surface area contributed by atoms with Crippen molar-refractivity contribution in [2.45, 2.75) is 16.6 Å². The van der Waals surface area contributed by atoms with Gasteiger partial charge in [0.15, 0.2) is 0 Å². The topological polar surface area (TPSA) is 43.8 Å². The Morgan fingerprint density at radius 1 is 1.04 bits per heavy atom. The maximum atomic E-state index is 13.6. The number of nitrogens with zero attached hydrogens (tertiary/aromatic N) is 2. The van der Waals surface area contributed by atoms with Gasteiger partial charge < -0.3 is 5.73 Å². The summed E-state index contributed by atoms with van der Waals surface area (Å²) in [6.45, 7) is 0. The number of nitrogens with two attached hydrogens (primary N) is 1. The van der Waals surface area contributed by atoms with Crippen molar-refractivity contribution in [2.75, 3.05) is 5.73 Å². The smallest absolute Gasteiger partial charge is 0.383 e. The van der Waals surface area contributed by atoms with Gasteiger partial charge in [0, 0.05) is 0 Å². The van der Waals surface area contributed by atoms with Gasteiger partial charge in [-0.3, -0.25) is 0 Å². The third-order valence-electron chi connectivity index (χ3n) is 2.61. The molecular weight excluding hydrogens is 410 g/mol. The Balaban J connectivity index is 2.60. The summed E-state index contributed by atoms with van der Waals surface area (Å²) in [5.41, 5.74) is -1.12. The number of rotatable bonds is 2. The van der Waals surface area contributed by atoms with E-state index in [0.29, 0.717) is 16.8 Å². The van der Waals surface area contributed by atoms with E-state index in [0.717, 1.165) is 0 Å². The highest BCUT2D eigenvalue weighted by atomic mass is 35.5. The average Bonchev–Trinajstić information content (AvgIpc) is 2.63. The minimum absolute atomic E-state index is 0.411. The van der Waals surface area contributed by atoms with Gasteiger partial charge in [-0.15, -0.1) is 5.10 Å². The molecular formula is C11H4Cl2F7N3S. The molecule has 0 bridgehead atoms. The van der Waals surface area contributed by atoms with E-state index < -0.39 is 61.4 Å². The molecule has 0 unspecified atom stereocenters. The van der Waals surface area contributed by atoms with Crippen molar-refractivity contribution < 1.29 is 30.7 Å². The monoisotopic (exact) mass is 413 g/mol. The number of thioether (sulfide) groups is 1. The third-order valence-corrected chi connectivity index (χ3v) is 4.00. The molecule has 2 aromatic rings. The van der Waals surface area contributed by atoms with Crippen LogP contribution < -0.4 is 5.73 Å². The van der Waals surface area contributed by atoms with E-state index in [1.165, 1.54) is 0 Å². The highest BCUT2D eigenvalue weighted by Gasteiger charge is 2.36. The van der Waals surface area contributed by atoms with Gasteiger partial charge in [0.25, 0.3) is 0 Å². The van der Waals surface area contributed by atoms with Gasteiger partial charge in [0.05, 0.1) is 15.6 Å². The van der Waals surface area contributed by atoms with Crippen LogP contribution in [0.2, 0.25) is 10.0 Å². The van der Waals surface area contributed by atoms with Gasteiger partial charge in [-0.2, -0.15) is 30.7 Å². The molecule has 0 fully saturated rings. The predicted molar refractivity (Wildman–Crippen MR) is 74.9 cm³/mol. The maximum absolute atomic E-state index is 13.6. The normalized spacial score (nSPS) is 12.7. The summed E-state index contributed by atoms with van der Waals surface area (Å²) >= 11 is 10.5. The van der Waals surface area contributed by atoms with Gasteiger partial charge >= 0.3 is 11.7 Å². The standard InChI is InChI=1S/C11H4Cl2F7N3S/c12-4-1-3(10(15,16)17)2-5(13)6(4)23-9(21)7(8(14)22-23)24-11(18,19)20/h1-2H,21H2. The Hall–Kier alpha value is -1.33. The molecule has 1 aromatic heterocycles. The van der Waals surface area contributed by atoms with Crippen LogP contribution in [0.4, 0.5) is 36.6 Å². The van der Waals surface area contributed by atoms with Gasteiger partial charge in [-0.1, -0.05) is 23.2 Å². The van der Waals surface area contributed by atoms with E-state index in [-0.39, 0.29) is 0 Å². The van der Waals surface area contributed by atoms with Crippen molar-refractivity contribution in [3.8, 4) is 5.69 Å². The number of anilines is 1. The summed E-state index contributed by atoms with van der Waals surface area (Å²) in [7, 11) is 0. The van der Waals surface area contributed by atoms with Crippen LogP contribution in [0, 0.1) is 5.95 Å². The number of hydrogen-bond donors (Lipinski definition) is 1. The summed E-state index contributed by atoms with van der Waals surface area (Å²) in [5, 5.41) is 1.90. The third kappa shape index (κ3) is 3.83. The first-order chi connectivity index (χ1) is 10.8. The van der Waals surface area contributed by atoms with Crippen LogP contribution >= 0.6 is 35.0 Å². The minimum Gasteiger partial charge on any atom is -0.383 e. The molecule has 0 amide bonds. The summed E-state index contributed by atoms with van der Waals surface area (Å²) in [5.74, 6) is -2.37. The fourth-order valence-electron chi connectivity index (χ4n) is 1.70. The lowest BCUT2D eigenvalue weighted by atomic mass is 10.2. The Kier molecular flexibility index (Phi) is 4.90. The Morgan fingerprint density at radius 2 is 1.54 bits per heavy atom. The second-order valence-corrected chi connectivity index (χ2v) is 6.14. The van der Waals surface area contributed by atoms with Crippen LogP contribution in [-0.2, 0) is 6.18 Å². The van der Waals surface area contributed by atoms with Crippen molar-refractivity contribution in [1.29, 1.82) is 0 Å². The lowest BCUT2D eigenvalue weighted by Crippen LogP contribution is -2.09. The van der Waals surface area contributed by atoms with E-state index in [9.17, 15) is 30.7 Å². The molecule has 0 aliphatic rings. The van der Waals surface area contributed by atoms with E-state index in [1.54, 1.807) is 0 Å². The van der Waals surface area contributed by atoms with Gasteiger partial charge in [0.1, 0.15) is 16.4 Å². The van der Waals surface area contributed by atoms with Crippen LogP contribution in [0.3, 0.4) is 0 Å². The number of nitrogen functional groups attached to an aromatic ring is 1. The number of benzene rings is 1. The highest BCUT2D eigenvalue weighted by molar-refractivity contribution is 8.00. The van der Waals surface area contributed by atoms with Crippen LogP contribution in [0.15, 0.2) is 17.0 Å². The molecule has 2 rings (SSSR count). The molecule has 132 valence electrons. The van der Waals surface area contributed by atoms with Gasteiger partial charge in [-0.25, -0.2) is 4.68 Å². The quantitative estimate of drug-likeness (QED) is 0.519. The Bertz CT molecular complexity index is 762. The van der Waals surface area contributed by atoms with Crippen molar-refractivity contribution in [2.24, 2.45) is 0 Å². The Morgan fingerprint density at radius 3 is 1.96 bits per heavy atom. The maximum Gasteiger partial charge on any atom is 0.446 e. The first-order valence-electron chi connectivity index (χ1n) is 5.67. The molecule has 0 aliphatic heterocycles. The highest BCUT2D eigenvalue weighted by Crippen LogP contribution is 2.43. The van der Waals surface area contributed by atoms with E-state index in [1.807, 2.05) is 0 Å². The lowest BCUT2D eigenvalue weighted by molar-refractivity contribution is -0.137. The molecule has 2 N–H and O–H groups in total. The van der Waals surface area contributed by atoms with Crippen LogP contribution in [-0.4, -0.2) is 15.3 Å². The molecule has 24 heavy (non-hydrogen) atoms. The second-order valence-electron chi connectivity index (χ2n) is 4.25. The van der Waals surface area contributed by atoms with Crippen molar-refractivity contribution in [3.05, 3.63) is 33.7 Å². The van der Waals surface area contributed by atoms with Crippen molar-refractivity contribution >= 4 is 40.8 Å². The fraction of sp³-hybridized carbons (Fsp3) is 0.182. The van der Waals surface area contributed by atoms with Gasteiger partial charge in [0.2, 0.25) is 5.95 Å². The van der Waals surface area contributed by atoms with Crippen LogP contribution in [0.5, 0.6) is 0 Å². The number of alkyl halides is 6. The zero-order valence-electron chi connectivity index (χ0n) is 10.9. The molecule has 0 saturated heterocycles. The Labute approximate surface area is 143 Å². The molecule has 0 radical (unpaired) electrons. The summed E-state index contributed by atoms with van der Waals surface area (Å²) in [6.07, 6.45) is -4.76. The first-order valence-corrected chi connectivity index (χ1v) is 7.25. The summed E-state index contributed by atoms with van der Waals surface area (Å²) in [4.78, 5) is -1.05. The van der Waals surface area contributed by atoms with Crippen molar-refractivity contribution in [3.63, 3.8) is 0 Å². The van der Waals surface area contributed by atoms with Gasteiger partial charge in [-0.05, 0) is 23.9 Å². The fourth-order valence-corrected chi connectivity index (χ4v) is 2.90. The second kappa shape index (κ2) is 6.19. The molecule has 1 heterocycles. The number of hydrogen-bond acceptors (Lipinski definition) is 3. The molecule has 3 nitrogen and oxygen atoms in total. The van der Waals surface area contributed by atoms with E-state index >= 15 is 0 Å². The van der Waals surface area contributed by atoms with Crippen molar-refractivity contribution in [1.82, 2.24) is 9.78 Å².